The molecule has 0 bridgehead atoms. The van der Waals surface area contributed by atoms with Gasteiger partial charge in [0, 0.05) is 24.6 Å². The lowest BCUT2D eigenvalue weighted by molar-refractivity contribution is -0.157. The molecule has 10 heteroatoms. The van der Waals surface area contributed by atoms with E-state index in [9.17, 15) is 34.8 Å². The number of morpholine rings is 1. The molecule has 10 nitrogen and oxygen atoms in total. The number of fused-ring (bicyclic) bond motifs is 3. The van der Waals surface area contributed by atoms with Gasteiger partial charge in [0.1, 0.15) is 22.8 Å². The van der Waals surface area contributed by atoms with Gasteiger partial charge in [-0.05, 0) is 42.4 Å². The molecular formula is C26H30N2O8. The number of nitrogens with zero attached hydrogens (tertiary/aromatic N) is 1. The minimum absolute atomic E-state index is 0.0894. The van der Waals surface area contributed by atoms with Crippen molar-refractivity contribution in [3.8, 4) is 5.75 Å². The van der Waals surface area contributed by atoms with Crippen LogP contribution in [0.2, 0.25) is 0 Å². The quantitative estimate of drug-likeness (QED) is 0.375. The van der Waals surface area contributed by atoms with Crippen molar-refractivity contribution in [2.24, 2.45) is 17.6 Å². The smallest absolute Gasteiger partial charge is 0.255 e. The fourth-order valence-corrected chi connectivity index (χ4v) is 6.49. The molecule has 36 heavy (non-hydrogen) atoms. The van der Waals surface area contributed by atoms with Crippen LogP contribution >= 0.6 is 0 Å². The van der Waals surface area contributed by atoms with Crippen molar-refractivity contribution in [2.75, 3.05) is 26.3 Å². The molecule has 1 aromatic rings. The summed E-state index contributed by atoms with van der Waals surface area (Å²) in [5, 5.41) is 44.6. The summed E-state index contributed by atoms with van der Waals surface area (Å²) >= 11 is 0. The number of carbonyl (C=O) groups is 3. The van der Waals surface area contributed by atoms with Crippen molar-refractivity contribution >= 4 is 23.2 Å². The number of carbonyl (C=O) groups excluding carboxylic acids is 3. The van der Waals surface area contributed by atoms with Crippen LogP contribution in [-0.4, -0.2) is 80.7 Å². The molecule has 6 N–H and O–H groups in total. The molecule has 1 saturated heterocycles. The summed E-state index contributed by atoms with van der Waals surface area (Å²) in [5.74, 6) is -6.34. The van der Waals surface area contributed by atoms with Gasteiger partial charge in [-0.15, -0.1) is 0 Å². The highest BCUT2D eigenvalue weighted by molar-refractivity contribution is 6.24. The van der Waals surface area contributed by atoms with Crippen molar-refractivity contribution in [1.82, 2.24) is 4.90 Å². The largest absolute Gasteiger partial charge is 0.508 e. The number of nitrogens with two attached hydrogens (primary N) is 1. The number of hydrogen-bond acceptors (Lipinski definition) is 9. The molecule has 2 fully saturated rings. The van der Waals surface area contributed by atoms with Gasteiger partial charge >= 0.3 is 0 Å². The van der Waals surface area contributed by atoms with Crippen LogP contribution in [-0.2, 0) is 32.0 Å². The molecule has 0 spiro atoms. The van der Waals surface area contributed by atoms with Crippen molar-refractivity contribution in [1.29, 1.82) is 0 Å². The molecule has 1 aromatic carbocycles. The number of ether oxygens (including phenoxy) is 1. The van der Waals surface area contributed by atoms with Gasteiger partial charge in [0.2, 0.25) is 5.78 Å². The first kappa shape index (κ1) is 24.5. The fraction of sp³-hybridized carbons (Fsp3) is 0.500. The summed E-state index contributed by atoms with van der Waals surface area (Å²) in [6.07, 6.45) is 1.95. The Morgan fingerprint density at radius 2 is 1.89 bits per heavy atom. The molecule has 0 aromatic heterocycles. The Morgan fingerprint density at radius 1 is 1.19 bits per heavy atom. The minimum atomic E-state index is -2.63. The van der Waals surface area contributed by atoms with E-state index >= 15 is 0 Å². The third-order valence-electron chi connectivity index (χ3n) is 8.10. The van der Waals surface area contributed by atoms with Gasteiger partial charge in [-0.1, -0.05) is 19.4 Å². The Kier molecular flexibility index (Phi) is 5.93. The Labute approximate surface area is 207 Å². The zero-order chi connectivity index (χ0) is 25.9. The molecule has 1 amide bonds. The molecule has 1 aliphatic heterocycles. The number of phenols is 1. The normalized spacial score (nSPS) is 30.7. The number of rotatable bonds is 4. The third-order valence-corrected chi connectivity index (χ3v) is 8.10. The van der Waals surface area contributed by atoms with Crippen LogP contribution in [0.25, 0.3) is 5.76 Å². The molecule has 192 valence electrons. The van der Waals surface area contributed by atoms with E-state index in [0.717, 1.165) is 17.5 Å². The second-order valence-corrected chi connectivity index (χ2v) is 9.99. The van der Waals surface area contributed by atoms with Crippen LogP contribution < -0.4 is 5.73 Å². The Hall–Kier alpha value is -3.21. The van der Waals surface area contributed by atoms with E-state index in [0.29, 0.717) is 39.1 Å². The maximum atomic E-state index is 13.9. The summed E-state index contributed by atoms with van der Waals surface area (Å²) in [5.41, 5.74) is 3.65. The lowest BCUT2D eigenvalue weighted by Gasteiger charge is -2.51. The van der Waals surface area contributed by atoms with Gasteiger partial charge in [-0.3, -0.25) is 19.3 Å². The topological polar surface area (TPSA) is 171 Å². The van der Waals surface area contributed by atoms with Gasteiger partial charge < -0.3 is 30.9 Å². The molecular weight excluding hydrogens is 468 g/mol. The summed E-state index contributed by atoms with van der Waals surface area (Å²) in [7, 11) is 0. The number of amides is 1. The van der Waals surface area contributed by atoms with E-state index in [2.05, 4.69) is 0 Å². The summed E-state index contributed by atoms with van der Waals surface area (Å²) in [6, 6.07) is 2.18. The number of Topliss-reactive ketones (excluding diaryl/α,β-unsaturated/α-hetero) is 2. The molecule has 5 rings (SSSR count). The highest BCUT2D eigenvalue weighted by atomic mass is 16.5. The Balaban J connectivity index is 1.70. The zero-order valence-electron chi connectivity index (χ0n) is 20.0. The van der Waals surface area contributed by atoms with Crippen LogP contribution in [0.1, 0.15) is 36.5 Å². The van der Waals surface area contributed by atoms with Crippen molar-refractivity contribution in [3.05, 3.63) is 45.7 Å². The van der Waals surface area contributed by atoms with E-state index < -0.39 is 58.0 Å². The van der Waals surface area contributed by atoms with Crippen LogP contribution in [0.15, 0.2) is 29.0 Å². The first-order valence-corrected chi connectivity index (χ1v) is 12.3. The first-order chi connectivity index (χ1) is 17.1. The molecule has 4 unspecified atom stereocenters. The molecule has 4 aliphatic rings. The van der Waals surface area contributed by atoms with E-state index in [1.165, 1.54) is 6.07 Å². The number of phenolic OH excluding ortho intramolecular Hbond substituents is 1. The Bertz CT molecular complexity index is 1230. The van der Waals surface area contributed by atoms with E-state index in [-0.39, 0.29) is 23.3 Å². The van der Waals surface area contributed by atoms with Crippen LogP contribution in [0.4, 0.5) is 0 Å². The van der Waals surface area contributed by atoms with Crippen LogP contribution in [0.5, 0.6) is 5.75 Å². The standard InChI is InChI=1S/C26H30N2O8/c1-2-3-12-4-5-16(29)18-14(12)10-13-11-15-20(28-6-8-36-9-7-28)22(31)19(25(27)34)24(33)26(15,35)23(32)17(13)21(18)30/h4-5,13,15,20,29-30,33,35H,2-3,6-11H2,1H3,(H2,27,34). The molecule has 1 saturated carbocycles. The highest BCUT2D eigenvalue weighted by Crippen LogP contribution is 2.53. The third kappa shape index (κ3) is 3.31. The van der Waals surface area contributed by atoms with Crippen molar-refractivity contribution < 1.29 is 39.5 Å². The molecule has 0 radical (unpaired) electrons. The maximum Gasteiger partial charge on any atom is 0.255 e. The number of aliphatic hydroxyl groups is 3. The van der Waals surface area contributed by atoms with Gasteiger partial charge in [0.05, 0.1) is 24.8 Å². The molecule has 1 heterocycles. The van der Waals surface area contributed by atoms with Gasteiger partial charge in [-0.2, -0.15) is 0 Å². The fourth-order valence-electron chi connectivity index (χ4n) is 6.49. The lowest BCUT2D eigenvalue weighted by atomic mass is 9.57. The van der Waals surface area contributed by atoms with Crippen molar-refractivity contribution in [3.63, 3.8) is 0 Å². The zero-order valence-corrected chi connectivity index (χ0v) is 20.0. The number of aromatic hydroxyl groups is 1. The lowest BCUT2D eigenvalue weighted by Crippen LogP contribution is -2.67. The van der Waals surface area contributed by atoms with Crippen LogP contribution in [0.3, 0.4) is 0 Å². The number of hydrogen-bond donors (Lipinski definition) is 5. The SMILES string of the molecule is CCCc1ccc(O)c2c1CC1CC3C(N4CCOCC4)C(=O)C(C(N)=O)=C(O)C3(O)C(=O)C1=C2O. The summed E-state index contributed by atoms with van der Waals surface area (Å²) < 4.78 is 5.39. The number of benzene rings is 1. The number of aryl methyl sites for hydroxylation is 1. The van der Waals surface area contributed by atoms with Crippen molar-refractivity contribution in [2.45, 2.75) is 44.2 Å². The maximum absolute atomic E-state index is 13.9. The van der Waals surface area contributed by atoms with E-state index in [4.69, 9.17) is 10.5 Å². The second kappa shape index (κ2) is 8.72. The second-order valence-electron chi connectivity index (χ2n) is 9.99. The number of ketones is 2. The summed E-state index contributed by atoms with van der Waals surface area (Å²) in [6.45, 7) is 3.33. The molecule has 3 aliphatic carbocycles. The predicted molar refractivity (Wildman–Crippen MR) is 127 cm³/mol. The average molecular weight is 499 g/mol. The molecule has 4 atom stereocenters. The number of aliphatic hydroxyl groups excluding tert-OH is 2. The van der Waals surface area contributed by atoms with E-state index in [1.54, 1.807) is 11.0 Å². The van der Waals surface area contributed by atoms with Gasteiger partial charge in [0.15, 0.2) is 11.4 Å². The van der Waals surface area contributed by atoms with Crippen LogP contribution in [0, 0.1) is 11.8 Å². The predicted octanol–water partition coefficient (Wildman–Crippen LogP) is 0.687. The summed E-state index contributed by atoms with van der Waals surface area (Å²) in [4.78, 5) is 41.3. The monoisotopic (exact) mass is 498 g/mol. The van der Waals surface area contributed by atoms with E-state index in [1.807, 2.05) is 6.92 Å². The Morgan fingerprint density at radius 3 is 2.53 bits per heavy atom. The average Bonchev–Trinajstić information content (AvgIpc) is 2.83. The minimum Gasteiger partial charge on any atom is -0.508 e. The van der Waals surface area contributed by atoms with Gasteiger partial charge in [-0.25, -0.2) is 0 Å². The number of primary amides is 1. The van der Waals surface area contributed by atoms with Gasteiger partial charge in [0.25, 0.3) is 5.91 Å². The first-order valence-electron chi connectivity index (χ1n) is 12.3. The highest BCUT2D eigenvalue weighted by Gasteiger charge is 2.64.